The van der Waals surface area contributed by atoms with E-state index in [4.69, 9.17) is 4.74 Å². The van der Waals surface area contributed by atoms with E-state index in [-0.39, 0.29) is 18.1 Å². The van der Waals surface area contributed by atoms with E-state index in [1.807, 2.05) is 24.3 Å². The second-order valence-electron chi connectivity index (χ2n) is 6.58. The minimum absolute atomic E-state index is 0.122. The summed E-state index contributed by atoms with van der Waals surface area (Å²) < 4.78 is 6.49. The number of aryl methyl sites for hydroxylation is 2. The van der Waals surface area contributed by atoms with E-state index in [9.17, 15) is 9.59 Å². The number of carbonyl (C=O) groups is 1. The van der Waals surface area contributed by atoms with E-state index in [1.54, 1.807) is 13.2 Å². The number of rotatable bonds is 5. The van der Waals surface area contributed by atoms with Gasteiger partial charge in [-0.15, -0.1) is 5.10 Å². The highest BCUT2D eigenvalue weighted by atomic mass is 16.5. The molecule has 0 bridgehead atoms. The summed E-state index contributed by atoms with van der Waals surface area (Å²) in [4.78, 5) is 28.8. The van der Waals surface area contributed by atoms with Crippen LogP contribution in [0.3, 0.4) is 0 Å². The monoisotopic (exact) mass is 380 g/mol. The van der Waals surface area contributed by atoms with Crippen LogP contribution < -0.4 is 15.6 Å². The Morgan fingerprint density at radius 2 is 2.11 bits per heavy atom. The number of ether oxygens (including phenoxy) is 1. The van der Waals surface area contributed by atoms with Crippen molar-refractivity contribution >= 4 is 11.9 Å². The van der Waals surface area contributed by atoms with E-state index in [1.165, 1.54) is 4.68 Å². The molecule has 0 unspecified atom stereocenters. The molecule has 0 fully saturated rings. The lowest BCUT2D eigenvalue weighted by Gasteiger charge is -2.15. The molecule has 0 radical (unpaired) electrons. The second-order valence-corrected chi connectivity index (χ2v) is 6.58. The molecule has 2 aromatic heterocycles. The van der Waals surface area contributed by atoms with Crippen molar-refractivity contribution in [3.63, 3.8) is 0 Å². The fourth-order valence-corrected chi connectivity index (χ4v) is 3.29. The van der Waals surface area contributed by atoms with Crippen molar-refractivity contribution < 1.29 is 9.53 Å². The van der Waals surface area contributed by atoms with Gasteiger partial charge in [-0.25, -0.2) is 4.68 Å². The Balaban J connectivity index is 1.48. The molecule has 0 saturated heterocycles. The van der Waals surface area contributed by atoms with Crippen LogP contribution in [0.25, 0.3) is 11.4 Å². The molecular formula is C19H20N6O3. The zero-order valence-electron chi connectivity index (χ0n) is 15.4. The van der Waals surface area contributed by atoms with Gasteiger partial charge in [0.2, 0.25) is 11.9 Å². The number of amides is 1. The van der Waals surface area contributed by atoms with Crippen LogP contribution in [0, 0.1) is 0 Å². The predicted octanol–water partition coefficient (Wildman–Crippen LogP) is 1.55. The highest BCUT2D eigenvalue weighted by Crippen LogP contribution is 2.27. The van der Waals surface area contributed by atoms with Crippen molar-refractivity contribution in [1.29, 1.82) is 0 Å². The number of carbonyl (C=O) groups excluding carboxylic acids is 1. The molecule has 2 N–H and O–H groups in total. The molecule has 0 atom stereocenters. The standard InChI is InChI=1S/C19H20N6O3/c1-28-15-9-5-3-7-13(15)18-21-19(23-22-18)20-16(26)11-25-17(27)10-12-6-2-4-8-14(12)24-25/h3,5,7,9-10H,2,4,6,8,11H2,1H3,(H2,20,21,22,23,26). The Morgan fingerprint density at radius 3 is 2.96 bits per heavy atom. The fraction of sp³-hybridized carbons (Fsp3) is 0.316. The summed E-state index contributed by atoms with van der Waals surface area (Å²) in [7, 11) is 1.57. The lowest BCUT2D eigenvalue weighted by Crippen LogP contribution is -2.31. The summed E-state index contributed by atoms with van der Waals surface area (Å²) in [6.45, 7) is -0.190. The number of hydrogen-bond acceptors (Lipinski definition) is 6. The first-order chi connectivity index (χ1) is 13.6. The Labute approximate surface area is 160 Å². The van der Waals surface area contributed by atoms with Gasteiger partial charge in [-0.05, 0) is 43.4 Å². The minimum Gasteiger partial charge on any atom is -0.496 e. The topological polar surface area (TPSA) is 115 Å². The van der Waals surface area contributed by atoms with Gasteiger partial charge in [-0.3, -0.25) is 20.0 Å². The maximum absolute atomic E-state index is 12.3. The van der Waals surface area contributed by atoms with Crippen LogP contribution in [0.15, 0.2) is 35.1 Å². The van der Waals surface area contributed by atoms with Crippen LogP contribution >= 0.6 is 0 Å². The Bertz CT molecular complexity index is 1070. The summed E-state index contributed by atoms with van der Waals surface area (Å²) in [5.41, 5.74) is 2.34. The minimum atomic E-state index is -0.420. The number of anilines is 1. The molecule has 0 spiro atoms. The van der Waals surface area contributed by atoms with Gasteiger partial charge in [-0.1, -0.05) is 12.1 Å². The smallest absolute Gasteiger partial charge is 0.267 e. The van der Waals surface area contributed by atoms with E-state index < -0.39 is 5.91 Å². The number of hydrogen-bond donors (Lipinski definition) is 2. The summed E-state index contributed by atoms with van der Waals surface area (Å²) in [6, 6.07) is 8.94. The Morgan fingerprint density at radius 1 is 1.29 bits per heavy atom. The number of nitrogens with one attached hydrogen (secondary N) is 2. The maximum atomic E-state index is 12.3. The average Bonchev–Trinajstić information content (AvgIpc) is 3.16. The van der Waals surface area contributed by atoms with E-state index in [2.05, 4.69) is 25.6 Å². The van der Waals surface area contributed by atoms with Gasteiger partial charge in [-0.2, -0.15) is 10.1 Å². The number of nitrogens with zero attached hydrogens (tertiary/aromatic N) is 4. The van der Waals surface area contributed by atoms with Crippen LogP contribution in [0.1, 0.15) is 24.1 Å². The van der Waals surface area contributed by atoms with Gasteiger partial charge < -0.3 is 4.74 Å². The number of fused-ring (bicyclic) bond motifs is 1. The van der Waals surface area contributed by atoms with E-state index in [0.717, 1.165) is 42.5 Å². The number of H-pyrrole nitrogens is 1. The molecule has 0 aliphatic heterocycles. The van der Waals surface area contributed by atoms with Gasteiger partial charge in [0, 0.05) is 6.07 Å². The Hall–Kier alpha value is -3.49. The van der Waals surface area contributed by atoms with Gasteiger partial charge in [0.05, 0.1) is 18.4 Å². The molecule has 1 aliphatic rings. The van der Waals surface area contributed by atoms with Gasteiger partial charge in [0.25, 0.3) is 5.56 Å². The lowest BCUT2D eigenvalue weighted by molar-refractivity contribution is -0.117. The van der Waals surface area contributed by atoms with Crippen LogP contribution in [-0.2, 0) is 24.2 Å². The lowest BCUT2D eigenvalue weighted by atomic mass is 9.97. The van der Waals surface area contributed by atoms with Crippen LogP contribution in [0.2, 0.25) is 0 Å². The molecule has 1 aromatic carbocycles. The highest BCUT2D eigenvalue weighted by Gasteiger charge is 2.16. The summed E-state index contributed by atoms with van der Waals surface area (Å²) in [6.07, 6.45) is 3.82. The van der Waals surface area contributed by atoms with Gasteiger partial charge >= 0.3 is 0 Å². The third-order valence-corrected chi connectivity index (χ3v) is 4.67. The fourth-order valence-electron chi connectivity index (χ4n) is 3.29. The second kappa shape index (κ2) is 7.63. The number of aromatic nitrogens is 5. The van der Waals surface area contributed by atoms with Crippen LogP contribution in [0.5, 0.6) is 5.75 Å². The van der Waals surface area contributed by atoms with Crippen LogP contribution in [0.4, 0.5) is 5.95 Å². The molecule has 28 heavy (non-hydrogen) atoms. The molecule has 9 nitrogen and oxygen atoms in total. The molecular weight excluding hydrogens is 360 g/mol. The zero-order valence-corrected chi connectivity index (χ0v) is 15.4. The number of benzene rings is 1. The molecule has 4 rings (SSSR count). The summed E-state index contributed by atoms with van der Waals surface area (Å²) in [5.74, 6) is 0.811. The number of para-hydroxylation sites is 1. The molecule has 2 heterocycles. The van der Waals surface area contributed by atoms with E-state index in [0.29, 0.717) is 11.6 Å². The first-order valence-electron chi connectivity index (χ1n) is 9.09. The van der Waals surface area contributed by atoms with Crippen molar-refractivity contribution in [3.8, 4) is 17.1 Å². The predicted molar refractivity (Wildman–Crippen MR) is 102 cm³/mol. The van der Waals surface area contributed by atoms with Crippen molar-refractivity contribution in [2.24, 2.45) is 0 Å². The van der Waals surface area contributed by atoms with Gasteiger partial charge in [0.1, 0.15) is 12.3 Å². The summed E-state index contributed by atoms with van der Waals surface area (Å²) in [5, 5.41) is 13.7. The molecule has 3 aromatic rings. The quantitative estimate of drug-likeness (QED) is 0.694. The maximum Gasteiger partial charge on any atom is 0.267 e. The summed E-state index contributed by atoms with van der Waals surface area (Å²) >= 11 is 0. The molecule has 9 heteroatoms. The average molecular weight is 380 g/mol. The third kappa shape index (κ3) is 3.64. The van der Waals surface area contributed by atoms with E-state index >= 15 is 0 Å². The molecule has 0 saturated carbocycles. The zero-order chi connectivity index (χ0) is 19.5. The molecule has 144 valence electrons. The van der Waals surface area contributed by atoms with Crippen molar-refractivity contribution in [2.45, 2.75) is 32.2 Å². The first-order valence-corrected chi connectivity index (χ1v) is 9.09. The largest absolute Gasteiger partial charge is 0.496 e. The molecule has 1 aliphatic carbocycles. The SMILES string of the molecule is COc1ccccc1-c1nc(NC(=O)Cn2nc3c(cc2=O)CCCC3)n[nH]1. The third-order valence-electron chi connectivity index (χ3n) is 4.67. The van der Waals surface area contributed by atoms with Crippen LogP contribution in [-0.4, -0.2) is 38.0 Å². The number of aromatic amines is 1. The normalized spacial score (nSPS) is 13.0. The van der Waals surface area contributed by atoms with Crippen molar-refractivity contribution in [3.05, 3.63) is 51.9 Å². The first kappa shape index (κ1) is 17.9. The van der Waals surface area contributed by atoms with Crippen molar-refractivity contribution in [1.82, 2.24) is 25.0 Å². The Kier molecular flexibility index (Phi) is 4.88. The number of methoxy groups -OCH3 is 1. The molecule has 1 amide bonds. The van der Waals surface area contributed by atoms with Gasteiger partial charge in [0.15, 0.2) is 5.82 Å². The van der Waals surface area contributed by atoms with Crippen molar-refractivity contribution in [2.75, 3.05) is 12.4 Å². The highest BCUT2D eigenvalue weighted by molar-refractivity contribution is 5.88.